The second-order valence-corrected chi connectivity index (χ2v) is 10.9. The lowest BCUT2D eigenvalue weighted by atomic mass is 9.55. The van der Waals surface area contributed by atoms with Crippen LogP contribution in [0.1, 0.15) is 70.6 Å². The molecule has 0 aromatic rings. The lowest BCUT2D eigenvalue weighted by molar-refractivity contribution is -0.146. The Hall–Kier alpha value is -1.65. The van der Waals surface area contributed by atoms with Gasteiger partial charge in [-0.2, -0.15) is 5.26 Å². The zero-order valence-electron chi connectivity index (χ0n) is 18.4. The summed E-state index contributed by atoms with van der Waals surface area (Å²) in [6.45, 7) is 1.35. The number of nitrogens with one attached hydrogen (secondary N) is 1. The third kappa shape index (κ3) is 3.98. The van der Waals surface area contributed by atoms with E-state index in [1.807, 2.05) is 4.90 Å². The third-order valence-corrected chi connectivity index (χ3v) is 8.89. The molecule has 0 spiro atoms. The average molecular weight is 429 g/mol. The van der Waals surface area contributed by atoms with Crippen molar-refractivity contribution in [3.8, 4) is 6.07 Å². The van der Waals surface area contributed by atoms with Crippen LogP contribution in [0, 0.1) is 34.5 Å². The summed E-state index contributed by atoms with van der Waals surface area (Å²) in [5.74, 6) is 1.46. The van der Waals surface area contributed by atoms with E-state index in [-0.39, 0.29) is 35.4 Å². The molecule has 2 aliphatic heterocycles. The van der Waals surface area contributed by atoms with E-state index in [4.69, 9.17) is 10.5 Å². The van der Waals surface area contributed by atoms with Gasteiger partial charge in [0.25, 0.3) is 0 Å². The molecule has 1 amide bonds. The van der Waals surface area contributed by atoms with Gasteiger partial charge in [-0.1, -0.05) is 12.8 Å². The van der Waals surface area contributed by atoms with Gasteiger partial charge in [-0.25, -0.2) is 0 Å². The number of carbonyl (C=O) groups is 2. The van der Waals surface area contributed by atoms with Gasteiger partial charge in [-0.15, -0.1) is 0 Å². The van der Waals surface area contributed by atoms with Crippen molar-refractivity contribution in [2.45, 2.75) is 94.8 Å². The topological polar surface area (TPSA) is 108 Å². The summed E-state index contributed by atoms with van der Waals surface area (Å²) < 4.78 is 5.58. The lowest BCUT2D eigenvalue weighted by Crippen LogP contribution is -2.58. The minimum absolute atomic E-state index is 0.0107. The van der Waals surface area contributed by atoms with Crippen LogP contribution in [0.15, 0.2) is 0 Å². The fraction of sp³-hybridized carbons (Fsp3) is 0.875. The molecule has 8 atom stereocenters. The second kappa shape index (κ2) is 8.37. The minimum atomic E-state index is -0.515. The largest absolute Gasteiger partial charge is 0.465 e. The molecule has 170 valence electrons. The molecule has 2 bridgehead atoms. The van der Waals surface area contributed by atoms with E-state index in [2.05, 4.69) is 11.4 Å². The number of nitriles is 1. The normalized spacial score (nSPS) is 41.9. The Kier molecular flexibility index (Phi) is 5.72. The van der Waals surface area contributed by atoms with Crippen molar-refractivity contribution >= 4 is 11.9 Å². The highest BCUT2D eigenvalue weighted by atomic mass is 16.5. The van der Waals surface area contributed by atoms with Gasteiger partial charge < -0.3 is 20.7 Å². The van der Waals surface area contributed by atoms with Crippen LogP contribution >= 0.6 is 0 Å². The molecule has 0 aromatic carbocycles. The standard InChI is InChI=1S/C24H36N4O3/c25-14-18-10-17-11-20(17)28(18)22(29)21(26)24-6-1-3-15(12-24)9-16(13-24)5-8-31-23(30)19-4-2-7-27-19/h15-21,27H,1-13,26H2. The maximum Gasteiger partial charge on any atom is 0.323 e. The monoisotopic (exact) mass is 428 g/mol. The van der Waals surface area contributed by atoms with Crippen molar-refractivity contribution in [1.82, 2.24) is 10.2 Å². The highest BCUT2D eigenvalue weighted by Gasteiger charge is 2.57. The van der Waals surface area contributed by atoms with Crippen LogP contribution in [-0.2, 0) is 14.3 Å². The number of nitrogens with zero attached hydrogens (tertiary/aromatic N) is 2. The molecule has 7 heteroatoms. The van der Waals surface area contributed by atoms with E-state index in [0.717, 1.165) is 70.8 Å². The fourth-order valence-corrected chi connectivity index (χ4v) is 7.29. The van der Waals surface area contributed by atoms with Crippen molar-refractivity contribution < 1.29 is 14.3 Å². The Morgan fingerprint density at radius 3 is 2.87 bits per heavy atom. The SMILES string of the molecule is N#CC1CC2CC2N1C(=O)C(N)C12CCCC(CC(CCOC(=O)C3CCCN3)C1)C2. The summed E-state index contributed by atoms with van der Waals surface area (Å²) in [5, 5.41) is 12.7. The Morgan fingerprint density at radius 1 is 1.23 bits per heavy atom. The molecule has 2 saturated heterocycles. The van der Waals surface area contributed by atoms with Crippen molar-refractivity contribution in [1.29, 1.82) is 5.26 Å². The number of piperidine rings is 1. The summed E-state index contributed by atoms with van der Waals surface area (Å²) in [7, 11) is 0. The number of hydrogen-bond acceptors (Lipinski definition) is 6. The summed E-state index contributed by atoms with van der Waals surface area (Å²) in [6, 6.07) is 1.64. The van der Waals surface area contributed by atoms with E-state index >= 15 is 0 Å². The number of nitrogens with two attached hydrogens (primary N) is 1. The van der Waals surface area contributed by atoms with Crippen molar-refractivity contribution in [3.63, 3.8) is 0 Å². The van der Waals surface area contributed by atoms with Gasteiger partial charge >= 0.3 is 5.97 Å². The molecule has 2 heterocycles. The zero-order valence-corrected chi connectivity index (χ0v) is 18.4. The van der Waals surface area contributed by atoms with Crippen LogP contribution in [0.25, 0.3) is 0 Å². The number of carbonyl (C=O) groups excluding carboxylic acids is 2. The van der Waals surface area contributed by atoms with Crippen LogP contribution in [0.3, 0.4) is 0 Å². The van der Waals surface area contributed by atoms with E-state index in [1.54, 1.807) is 0 Å². The summed E-state index contributed by atoms with van der Waals surface area (Å²) in [6.07, 6.45) is 11.1. The van der Waals surface area contributed by atoms with Gasteiger partial charge in [0.05, 0.1) is 18.7 Å². The number of likely N-dealkylation sites (tertiary alicyclic amines) is 1. The Morgan fingerprint density at radius 2 is 2.10 bits per heavy atom. The number of esters is 1. The van der Waals surface area contributed by atoms with Gasteiger partial charge in [0.2, 0.25) is 5.91 Å². The first-order chi connectivity index (χ1) is 15.0. The van der Waals surface area contributed by atoms with Gasteiger partial charge in [0.15, 0.2) is 0 Å². The number of ether oxygens (including phenoxy) is 1. The van der Waals surface area contributed by atoms with E-state index in [0.29, 0.717) is 24.4 Å². The molecular formula is C24H36N4O3. The molecule has 3 N–H and O–H groups in total. The Labute approximate surface area is 185 Å². The summed E-state index contributed by atoms with van der Waals surface area (Å²) in [5.41, 5.74) is 6.58. The first-order valence-corrected chi connectivity index (χ1v) is 12.4. The first kappa shape index (κ1) is 21.2. The van der Waals surface area contributed by atoms with E-state index < -0.39 is 6.04 Å². The summed E-state index contributed by atoms with van der Waals surface area (Å²) in [4.78, 5) is 27.5. The molecule has 8 unspecified atom stereocenters. The molecule has 5 aliphatic rings. The highest BCUT2D eigenvalue weighted by Crippen LogP contribution is 2.55. The maximum absolute atomic E-state index is 13.5. The van der Waals surface area contributed by atoms with E-state index in [1.165, 1.54) is 6.42 Å². The predicted molar refractivity (Wildman–Crippen MR) is 114 cm³/mol. The number of amides is 1. The van der Waals surface area contributed by atoms with E-state index in [9.17, 15) is 14.9 Å². The second-order valence-electron chi connectivity index (χ2n) is 10.9. The smallest absolute Gasteiger partial charge is 0.323 e. The van der Waals surface area contributed by atoms with Gasteiger partial charge in [-0.3, -0.25) is 9.59 Å². The molecule has 5 fully saturated rings. The molecular weight excluding hydrogens is 392 g/mol. The van der Waals surface area contributed by atoms with Crippen LogP contribution in [0.5, 0.6) is 0 Å². The molecule has 5 rings (SSSR count). The van der Waals surface area contributed by atoms with Crippen LogP contribution in [0.2, 0.25) is 0 Å². The lowest BCUT2D eigenvalue weighted by Gasteiger charge is -2.51. The number of hydrogen-bond donors (Lipinski definition) is 2. The van der Waals surface area contributed by atoms with Crippen molar-refractivity contribution in [2.75, 3.05) is 13.2 Å². The fourth-order valence-electron chi connectivity index (χ4n) is 7.29. The number of fused-ring (bicyclic) bond motifs is 3. The van der Waals surface area contributed by atoms with Crippen LogP contribution in [0.4, 0.5) is 0 Å². The molecule has 3 saturated carbocycles. The van der Waals surface area contributed by atoms with Crippen molar-refractivity contribution in [2.24, 2.45) is 28.9 Å². The Balaban J connectivity index is 1.21. The van der Waals surface area contributed by atoms with Crippen molar-refractivity contribution in [3.05, 3.63) is 0 Å². The third-order valence-electron chi connectivity index (χ3n) is 8.89. The highest BCUT2D eigenvalue weighted by molar-refractivity contribution is 5.84. The first-order valence-electron chi connectivity index (χ1n) is 12.4. The van der Waals surface area contributed by atoms with Gasteiger partial charge in [0, 0.05) is 6.04 Å². The quantitative estimate of drug-likeness (QED) is 0.627. The average Bonchev–Trinajstić information content (AvgIpc) is 3.17. The summed E-state index contributed by atoms with van der Waals surface area (Å²) >= 11 is 0. The molecule has 0 radical (unpaired) electrons. The zero-order chi connectivity index (χ0) is 21.6. The molecule has 3 aliphatic carbocycles. The number of rotatable bonds is 6. The maximum atomic E-state index is 13.5. The van der Waals surface area contributed by atoms with Gasteiger partial charge in [-0.05, 0) is 87.5 Å². The molecule has 7 nitrogen and oxygen atoms in total. The Bertz CT molecular complexity index is 760. The van der Waals surface area contributed by atoms with Crippen LogP contribution < -0.4 is 11.1 Å². The predicted octanol–water partition coefficient (Wildman–Crippen LogP) is 2.10. The molecule has 0 aromatic heterocycles. The molecule has 31 heavy (non-hydrogen) atoms. The minimum Gasteiger partial charge on any atom is -0.465 e. The van der Waals surface area contributed by atoms with Crippen LogP contribution in [-0.4, -0.2) is 54.1 Å². The van der Waals surface area contributed by atoms with Gasteiger partial charge in [0.1, 0.15) is 12.1 Å².